The fraction of sp³-hybridized carbons (Fsp3) is 0.571. The van der Waals surface area contributed by atoms with Crippen LogP contribution in [0.5, 0.6) is 11.5 Å². The molecule has 0 amide bonds. The molecule has 0 bridgehead atoms. The average Bonchev–Trinajstić information content (AvgIpc) is 2.92. The van der Waals surface area contributed by atoms with Gasteiger partial charge in [0.15, 0.2) is 0 Å². The lowest BCUT2D eigenvalue weighted by molar-refractivity contribution is 0.386. The molecule has 0 spiro atoms. The minimum atomic E-state index is 0.268. The van der Waals surface area contributed by atoms with E-state index >= 15 is 0 Å². The number of hydrogen-bond donors (Lipinski definition) is 3. The Kier molecular flexibility index (Phi) is 5.01. The average molecular weight is 265 g/mol. The summed E-state index contributed by atoms with van der Waals surface area (Å²) < 4.78 is 10.7. The smallest absolute Gasteiger partial charge is 0.127 e. The summed E-state index contributed by atoms with van der Waals surface area (Å²) in [5.41, 5.74) is 7.82. The predicted octanol–water partition coefficient (Wildman–Crippen LogP) is 1.22. The quantitative estimate of drug-likeness (QED) is 0.722. The van der Waals surface area contributed by atoms with Gasteiger partial charge < -0.3 is 14.8 Å². The van der Waals surface area contributed by atoms with Crippen molar-refractivity contribution in [2.45, 2.75) is 25.4 Å². The highest BCUT2D eigenvalue weighted by molar-refractivity contribution is 5.42. The molecule has 0 radical (unpaired) electrons. The highest BCUT2D eigenvalue weighted by Crippen LogP contribution is 2.32. The van der Waals surface area contributed by atoms with Crippen molar-refractivity contribution in [3.05, 3.63) is 23.8 Å². The molecule has 1 heterocycles. The lowest BCUT2D eigenvalue weighted by Gasteiger charge is -2.15. The first-order valence-corrected chi connectivity index (χ1v) is 6.72. The zero-order valence-electron chi connectivity index (χ0n) is 11.8. The number of benzene rings is 1. The van der Waals surface area contributed by atoms with Gasteiger partial charge >= 0.3 is 0 Å². The van der Waals surface area contributed by atoms with E-state index in [-0.39, 0.29) is 6.04 Å². The monoisotopic (exact) mass is 265 g/mol. The second-order valence-corrected chi connectivity index (χ2v) is 4.69. The van der Waals surface area contributed by atoms with Crippen LogP contribution in [0, 0.1) is 0 Å². The van der Waals surface area contributed by atoms with Crippen LogP contribution in [0.15, 0.2) is 18.2 Å². The molecule has 19 heavy (non-hydrogen) atoms. The highest BCUT2D eigenvalue weighted by atomic mass is 16.5. The van der Waals surface area contributed by atoms with E-state index in [1.807, 2.05) is 12.1 Å². The predicted molar refractivity (Wildman–Crippen MR) is 75.5 cm³/mol. The molecule has 1 saturated heterocycles. The molecule has 5 heteroatoms. The van der Waals surface area contributed by atoms with E-state index in [9.17, 15) is 0 Å². The van der Waals surface area contributed by atoms with Crippen molar-refractivity contribution < 1.29 is 9.47 Å². The van der Waals surface area contributed by atoms with Gasteiger partial charge in [0, 0.05) is 24.2 Å². The van der Waals surface area contributed by atoms with E-state index in [4.69, 9.17) is 9.47 Å². The van der Waals surface area contributed by atoms with Gasteiger partial charge in [-0.15, -0.1) is 0 Å². The Morgan fingerprint density at radius 3 is 2.79 bits per heavy atom. The molecule has 1 aliphatic rings. The van der Waals surface area contributed by atoms with Gasteiger partial charge in [-0.05, 0) is 19.0 Å². The molecule has 2 atom stereocenters. The van der Waals surface area contributed by atoms with Gasteiger partial charge in [0.1, 0.15) is 11.5 Å². The van der Waals surface area contributed by atoms with Crippen LogP contribution in [0.1, 0.15) is 24.9 Å². The Morgan fingerprint density at radius 1 is 1.26 bits per heavy atom. The number of methoxy groups -OCH3 is 2. The van der Waals surface area contributed by atoms with Crippen LogP contribution in [0.2, 0.25) is 0 Å². The van der Waals surface area contributed by atoms with Crippen LogP contribution in [-0.4, -0.2) is 33.4 Å². The first kappa shape index (κ1) is 14.1. The number of nitrogens with one attached hydrogen (secondary N) is 3. The molecule has 0 saturated carbocycles. The Labute approximate surface area is 114 Å². The molecule has 2 unspecified atom stereocenters. The first-order valence-electron chi connectivity index (χ1n) is 6.72. The minimum absolute atomic E-state index is 0.268. The number of ether oxygens (including phenoxy) is 2. The third-order valence-electron chi connectivity index (χ3n) is 3.44. The van der Waals surface area contributed by atoms with Crippen LogP contribution in [-0.2, 0) is 0 Å². The molecule has 0 aromatic heterocycles. The van der Waals surface area contributed by atoms with E-state index in [0.717, 1.165) is 36.6 Å². The fourth-order valence-electron chi connectivity index (χ4n) is 2.38. The number of hydrogen-bond acceptors (Lipinski definition) is 5. The van der Waals surface area contributed by atoms with E-state index in [1.54, 1.807) is 14.2 Å². The Morgan fingerprint density at radius 2 is 2.11 bits per heavy atom. The zero-order valence-corrected chi connectivity index (χ0v) is 11.8. The number of hydrazine groups is 1. The maximum Gasteiger partial charge on any atom is 0.127 e. The van der Waals surface area contributed by atoms with E-state index in [2.05, 4.69) is 29.2 Å². The van der Waals surface area contributed by atoms with E-state index < -0.39 is 0 Å². The van der Waals surface area contributed by atoms with Gasteiger partial charge in [0.2, 0.25) is 0 Å². The summed E-state index contributed by atoms with van der Waals surface area (Å²) >= 11 is 0. The normalized spacial score (nSPS) is 22.5. The van der Waals surface area contributed by atoms with Crippen molar-refractivity contribution in [1.82, 2.24) is 16.2 Å². The number of rotatable bonds is 6. The molecular formula is C14H23N3O2. The summed E-state index contributed by atoms with van der Waals surface area (Å²) in [6, 6.07) is 6.67. The third-order valence-corrected chi connectivity index (χ3v) is 3.44. The summed E-state index contributed by atoms with van der Waals surface area (Å²) in [6.07, 6.45) is 1.04. The SMILES string of the molecule is CCNCC1CC(c2ccc(OC)cc2OC)NN1. The summed E-state index contributed by atoms with van der Waals surface area (Å²) in [7, 11) is 3.35. The van der Waals surface area contributed by atoms with Crippen LogP contribution in [0.25, 0.3) is 0 Å². The van der Waals surface area contributed by atoms with Crippen LogP contribution in [0.4, 0.5) is 0 Å². The second-order valence-electron chi connectivity index (χ2n) is 4.69. The van der Waals surface area contributed by atoms with Gasteiger partial charge in [0.25, 0.3) is 0 Å². The van der Waals surface area contributed by atoms with Gasteiger partial charge in [-0.3, -0.25) is 5.43 Å². The van der Waals surface area contributed by atoms with Gasteiger partial charge in [0.05, 0.1) is 20.3 Å². The molecule has 1 aliphatic heterocycles. The zero-order chi connectivity index (χ0) is 13.7. The van der Waals surface area contributed by atoms with Crippen molar-refractivity contribution in [3.8, 4) is 11.5 Å². The van der Waals surface area contributed by atoms with Gasteiger partial charge in [-0.25, -0.2) is 5.43 Å². The molecule has 3 N–H and O–H groups in total. The van der Waals surface area contributed by atoms with Crippen molar-refractivity contribution in [1.29, 1.82) is 0 Å². The second kappa shape index (κ2) is 6.75. The minimum Gasteiger partial charge on any atom is -0.497 e. The van der Waals surface area contributed by atoms with Crippen molar-refractivity contribution >= 4 is 0 Å². The molecule has 106 valence electrons. The summed E-state index contributed by atoms with van der Waals surface area (Å²) in [4.78, 5) is 0. The maximum atomic E-state index is 5.45. The Hall–Kier alpha value is -1.30. The van der Waals surface area contributed by atoms with Gasteiger partial charge in [-0.1, -0.05) is 13.0 Å². The molecule has 1 aromatic carbocycles. The molecule has 0 aliphatic carbocycles. The molecular weight excluding hydrogens is 242 g/mol. The standard InChI is InChI=1S/C14H23N3O2/c1-4-15-9-10-7-13(17-16-10)12-6-5-11(18-2)8-14(12)19-3/h5-6,8,10,13,15-17H,4,7,9H2,1-3H3. The third kappa shape index (κ3) is 3.37. The van der Waals surface area contributed by atoms with Crippen molar-refractivity contribution in [2.75, 3.05) is 27.3 Å². The van der Waals surface area contributed by atoms with Gasteiger partial charge in [-0.2, -0.15) is 0 Å². The van der Waals surface area contributed by atoms with Crippen LogP contribution in [0.3, 0.4) is 0 Å². The van der Waals surface area contributed by atoms with E-state index in [1.165, 1.54) is 0 Å². The lowest BCUT2D eigenvalue weighted by Crippen LogP contribution is -2.37. The highest BCUT2D eigenvalue weighted by Gasteiger charge is 2.26. The van der Waals surface area contributed by atoms with Crippen molar-refractivity contribution in [3.63, 3.8) is 0 Å². The Balaban J connectivity index is 2.06. The fourth-order valence-corrected chi connectivity index (χ4v) is 2.38. The Bertz CT molecular complexity index is 412. The summed E-state index contributed by atoms with van der Waals surface area (Å²) in [5, 5.41) is 3.36. The maximum absolute atomic E-state index is 5.45. The molecule has 1 aromatic rings. The summed E-state index contributed by atoms with van der Waals surface area (Å²) in [6.45, 7) is 4.08. The first-order chi connectivity index (χ1) is 9.28. The molecule has 2 rings (SSSR count). The molecule has 1 fully saturated rings. The number of likely N-dealkylation sites (N-methyl/N-ethyl adjacent to an activating group) is 1. The van der Waals surface area contributed by atoms with E-state index in [0.29, 0.717) is 6.04 Å². The largest absolute Gasteiger partial charge is 0.497 e. The summed E-state index contributed by atoms with van der Waals surface area (Å²) in [5.74, 6) is 1.68. The molecule has 5 nitrogen and oxygen atoms in total. The van der Waals surface area contributed by atoms with Crippen LogP contribution >= 0.6 is 0 Å². The van der Waals surface area contributed by atoms with Crippen LogP contribution < -0.4 is 25.6 Å². The lowest BCUT2D eigenvalue weighted by atomic mass is 10.0. The van der Waals surface area contributed by atoms with Crippen molar-refractivity contribution in [2.24, 2.45) is 0 Å². The topological polar surface area (TPSA) is 54.5 Å².